The summed E-state index contributed by atoms with van der Waals surface area (Å²) in [5.41, 5.74) is 0. The maximum Gasteiger partial charge on any atom is 0.311 e. The third kappa shape index (κ3) is 4.26. The van der Waals surface area contributed by atoms with Gasteiger partial charge in [0.05, 0.1) is 16.6 Å². The van der Waals surface area contributed by atoms with Gasteiger partial charge in [0.15, 0.2) is 0 Å². The molecule has 7 nitrogen and oxygen atoms in total. The number of carbonyl (C=O) groups is 3. The molecule has 0 aromatic heterocycles. The van der Waals surface area contributed by atoms with Gasteiger partial charge in [0.1, 0.15) is 12.6 Å². The first-order valence-electron chi connectivity index (χ1n) is 12.3. The van der Waals surface area contributed by atoms with Crippen LogP contribution in [0.5, 0.6) is 0 Å². The van der Waals surface area contributed by atoms with E-state index in [1.807, 2.05) is 4.90 Å². The van der Waals surface area contributed by atoms with Gasteiger partial charge in [0.2, 0.25) is 11.8 Å². The predicted molar refractivity (Wildman–Crippen MR) is 136 cm³/mol. The van der Waals surface area contributed by atoms with Gasteiger partial charge in [-0.05, 0) is 25.7 Å². The van der Waals surface area contributed by atoms with E-state index in [1.54, 1.807) is 22.7 Å². The highest BCUT2D eigenvalue weighted by Crippen LogP contribution is 2.68. The molecule has 1 N–H and O–H groups in total. The van der Waals surface area contributed by atoms with Crippen LogP contribution in [-0.2, 0) is 19.1 Å². The number of carbonyl (C=O) groups excluding carboxylic acids is 3. The van der Waals surface area contributed by atoms with Crippen LogP contribution in [0.2, 0.25) is 0 Å². The van der Waals surface area contributed by atoms with Gasteiger partial charge < -0.3 is 19.6 Å². The standard InChI is InChI=1S/C25H35BrN2O5S/c1-3-11-27(16-9-6-5-7-10-16)23(31)21-25-15-17(26)20(34-25)18(24(32)33-14-4-2)19(25)22(30)28(21)12-8-13-29/h3-4,16-21,29H,1-2,5-15H2/t17?,18-,19+,20-,21?,25?/m1/s1. The Balaban J connectivity index is 1.72. The van der Waals surface area contributed by atoms with E-state index in [0.29, 0.717) is 25.9 Å². The molecule has 34 heavy (non-hydrogen) atoms. The van der Waals surface area contributed by atoms with Crippen LogP contribution in [0.1, 0.15) is 44.9 Å². The summed E-state index contributed by atoms with van der Waals surface area (Å²) in [4.78, 5) is 44.8. The summed E-state index contributed by atoms with van der Waals surface area (Å²) in [5.74, 6) is -1.81. The first-order valence-corrected chi connectivity index (χ1v) is 14.1. The molecule has 0 aromatic carbocycles. The SMILES string of the molecule is C=CCOC(=O)[C@H]1[C@@H]2SC3(CC2Br)C(C(=O)N(CC=C)C2CCCCC2)N(CCCO)C(=O)[C@H]13. The smallest absolute Gasteiger partial charge is 0.311 e. The van der Waals surface area contributed by atoms with Crippen molar-refractivity contribution < 1.29 is 24.2 Å². The zero-order chi connectivity index (χ0) is 24.5. The minimum atomic E-state index is -0.686. The van der Waals surface area contributed by atoms with Crippen LogP contribution < -0.4 is 0 Å². The topological polar surface area (TPSA) is 87.2 Å². The molecule has 9 heteroatoms. The van der Waals surface area contributed by atoms with Gasteiger partial charge in [-0.25, -0.2) is 0 Å². The lowest BCUT2D eigenvalue weighted by Gasteiger charge is -2.41. The Kier molecular flexibility index (Phi) is 8.14. The van der Waals surface area contributed by atoms with Gasteiger partial charge in [-0.15, -0.1) is 18.3 Å². The molecule has 0 radical (unpaired) electrons. The van der Waals surface area contributed by atoms with Gasteiger partial charge in [0.25, 0.3) is 0 Å². The van der Waals surface area contributed by atoms with Crippen LogP contribution in [0.25, 0.3) is 0 Å². The molecular formula is C25H35BrN2O5S. The third-order valence-corrected chi connectivity index (χ3v) is 11.0. The van der Waals surface area contributed by atoms with E-state index in [4.69, 9.17) is 4.74 Å². The molecule has 2 bridgehead atoms. The van der Waals surface area contributed by atoms with Gasteiger partial charge in [-0.3, -0.25) is 14.4 Å². The number of alkyl halides is 1. The summed E-state index contributed by atoms with van der Waals surface area (Å²) < 4.78 is 4.73. The van der Waals surface area contributed by atoms with Crippen molar-refractivity contribution in [2.24, 2.45) is 11.8 Å². The molecule has 4 fully saturated rings. The van der Waals surface area contributed by atoms with Gasteiger partial charge in [-0.1, -0.05) is 53.9 Å². The molecule has 3 heterocycles. The van der Waals surface area contributed by atoms with E-state index in [9.17, 15) is 19.5 Å². The van der Waals surface area contributed by atoms with E-state index < -0.39 is 28.6 Å². The zero-order valence-corrected chi connectivity index (χ0v) is 22.0. The Bertz CT molecular complexity index is 834. The largest absolute Gasteiger partial charge is 0.461 e. The third-order valence-electron chi connectivity index (χ3n) is 7.82. The van der Waals surface area contributed by atoms with Crippen molar-refractivity contribution in [2.75, 3.05) is 26.3 Å². The molecule has 2 amide bonds. The number of esters is 1. The van der Waals surface area contributed by atoms with E-state index in [-0.39, 0.29) is 41.1 Å². The van der Waals surface area contributed by atoms with Crippen LogP contribution in [0.15, 0.2) is 25.3 Å². The highest BCUT2D eigenvalue weighted by molar-refractivity contribution is 9.09. The molecule has 1 aliphatic carbocycles. The van der Waals surface area contributed by atoms with Crippen molar-refractivity contribution >= 4 is 45.5 Å². The van der Waals surface area contributed by atoms with Crippen LogP contribution >= 0.6 is 27.7 Å². The molecule has 0 aromatic rings. The molecule has 188 valence electrons. The average Bonchev–Trinajstić information content (AvgIpc) is 3.43. The quantitative estimate of drug-likeness (QED) is 0.254. The number of hydrogen-bond acceptors (Lipinski definition) is 6. The van der Waals surface area contributed by atoms with E-state index in [2.05, 4.69) is 29.1 Å². The maximum atomic E-state index is 14.3. The predicted octanol–water partition coefficient (Wildman–Crippen LogP) is 2.91. The lowest BCUT2D eigenvalue weighted by Crippen LogP contribution is -2.57. The molecular weight excluding hydrogens is 520 g/mol. The van der Waals surface area contributed by atoms with Gasteiger partial charge in [-0.2, -0.15) is 0 Å². The normalized spacial score (nSPS) is 34.7. The Hall–Kier alpha value is -1.32. The lowest BCUT2D eigenvalue weighted by atomic mass is 9.71. The molecule has 1 spiro atoms. The number of aliphatic hydroxyl groups excluding tert-OH is 1. The van der Waals surface area contributed by atoms with Crippen molar-refractivity contribution in [2.45, 2.75) is 71.9 Å². The van der Waals surface area contributed by atoms with Gasteiger partial charge in [0, 0.05) is 35.8 Å². The van der Waals surface area contributed by atoms with Crippen LogP contribution in [0.4, 0.5) is 0 Å². The summed E-state index contributed by atoms with van der Waals surface area (Å²) in [5, 5.41) is 9.38. The first kappa shape index (κ1) is 25.8. The fraction of sp³-hybridized carbons (Fsp3) is 0.720. The minimum absolute atomic E-state index is 0.0125. The second kappa shape index (κ2) is 10.7. The monoisotopic (exact) mass is 554 g/mol. The Morgan fingerprint density at radius 1 is 1.26 bits per heavy atom. The molecule has 6 atom stereocenters. The highest BCUT2D eigenvalue weighted by Gasteiger charge is 2.76. The number of amides is 2. The average molecular weight is 556 g/mol. The summed E-state index contributed by atoms with van der Waals surface area (Å²) in [6, 6.07) is -0.521. The van der Waals surface area contributed by atoms with Crippen molar-refractivity contribution in [1.29, 1.82) is 0 Å². The second-order valence-corrected chi connectivity index (χ2v) is 12.5. The second-order valence-electron chi connectivity index (χ2n) is 9.76. The van der Waals surface area contributed by atoms with Crippen molar-refractivity contribution in [1.82, 2.24) is 9.80 Å². The fourth-order valence-corrected chi connectivity index (χ4v) is 10.1. The van der Waals surface area contributed by atoms with Crippen molar-refractivity contribution in [3.8, 4) is 0 Å². The van der Waals surface area contributed by atoms with E-state index in [0.717, 1.165) is 25.7 Å². The van der Waals surface area contributed by atoms with E-state index >= 15 is 0 Å². The minimum Gasteiger partial charge on any atom is -0.461 e. The van der Waals surface area contributed by atoms with Crippen molar-refractivity contribution in [3.63, 3.8) is 0 Å². The number of aliphatic hydroxyl groups is 1. The van der Waals surface area contributed by atoms with Gasteiger partial charge >= 0.3 is 5.97 Å². The number of halogens is 1. The molecule has 3 aliphatic heterocycles. The van der Waals surface area contributed by atoms with Crippen LogP contribution in [0.3, 0.4) is 0 Å². The molecule has 3 unspecified atom stereocenters. The highest BCUT2D eigenvalue weighted by atomic mass is 79.9. The molecule has 4 rings (SSSR count). The Morgan fingerprint density at radius 2 is 2.00 bits per heavy atom. The number of likely N-dealkylation sites (tertiary alicyclic amines) is 1. The van der Waals surface area contributed by atoms with Crippen LogP contribution in [-0.4, -0.2) is 85.9 Å². The number of hydrogen-bond donors (Lipinski definition) is 1. The number of nitrogens with zero attached hydrogens (tertiary/aromatic N) is 2. The summed E-state index contributed by atoms with van der Waals surface area (Å²) in [6.45, 7) is 8.27. The number of fused-ring (bicyclic) bond motifs is 1. The number of ether oxygens (including phenoxy) is 1. The first-order chi connectivity index (χ1) is 16.4. The maximum absolute atomic E-state index is 14.3. The summed E-state index contributed by atoms with van der Waals surface area (Å²) in [7, 11) is 0. The number of thioether (sulfide) groups is 1. The molecule has 1 saturated carbocycles. The molecule has 3 saturated heterocycles. The Labute approximate surface area is 214 Å². The van der Waals surface area contributed by atoms with Crippen LogP contribution in [0, 0.1) is 11.8 Å². The summed E-state index contributed by atoms with van der Waals surface area (Å²) >= 11 is 5.37. The van der Waals surface area contributed by atoms with Crippen molar-refractivity contribution in [3.05, 3.63) is 25.3 Å². The lowest BCUT2D eigenvalue weighted by molar-refractivity contribution is -0.153. The fourth-order valence-electron chi connectivity index (χ4n) is 6.50. The zero-order valence-electron chi connectivity index (χ0n) is 19.6. The van der Waals surface area contributed by atoms with E-state index in [1.165, 1.54) is 12.5 Å². The Morgan fingerprint density at radius 3 is 2.65 bits per heavy atom. The molecule has 4 aliphatic rings. The summed E-state index contributed by atoms with van der Waals surface area (Å²) in [6.07, 6.45) is 9.60. The number of rotatable bonds is 10.